The van der Waals surface area contributed by atoms with Crippen molar-refractivity contribution in [3.63, 3.8) is 0 Å². The second-order valence-electron chi connectivity index (χ2n) is 6.24. The molecule has 0 spiro atoms. The van der Waals surface area contributed by atoms with Gasteiger partial charge in [0.15, 0.2) is 5.82 Å². The van der Waals surface area contributed by atoms with E-state index in [9.17, 15) is 9.90 Å². The molecule has 0 aliphatic rings. The zero-order valence-electron chi connectivity index (χ0n) is 14.6. The minimum Gasteiger partial charge on any atom is -0.465 e. The van der Waals surface area contributed by atoms with Crippen molar-refractivity contribution in [2.45, 2.75) is 26.3 Å². The summed E-state index contributed by atoms with van der Waals surface area (Å²) in [6.45, 7) is 4.77. The molecule has 2 N–H and O–H groups in total. The van der Waals surface area contributed by atoms with E-state index in [4.69, 9.17) is 0 Å². The molecule has 1 amide bonds. The van der Waals surface area contributed by atoms with Crippen molar-refractivity contribution in [2.75, 3.05) is 5.32 Å². The van der Waals surface area contributed by atoms with Gasteiger partial charge in [0.2, 0.25) is 0 Å². The van der Waals surface area contributed by atoms with Gasteiger partial charge in [0.1, 0.15) is 0 Å². The molecule has 0 unspecified atom stereocenters. The van der Waals surface area contributed by atoms with Crippen LogP contribution in [0.5, 0.6) is 0 Å². The lowest BCUT2D eigenvalue weighted by atomic mass is 10.0. The first-order valence-corrected chi connectivity index (χ1v) is 9.13. The first-order valence-electron chi connectivity index (χ1n) is 8.34. The van der Waals surface area contributed by atoms with Gasteiger partial charge in [-0.15, -0.1) is 0 Å². The highest BCUT2D eigenvalue weighted by molar-refractivity contribution is 9.10. The van der Waals surface area contributed by atoms with E-state index >= 15 is 0 Å². The lowest BCUT2D eigenvalue weighted by Gasteiger charge is -2.13. The smallest absolute Gasteiger partial charge is 0.410 e. The van der Waals surface area contributed by atoms with Crippen molar-refractivity contribution < 1.29 is 9.90 Å². The fourth-order valence-corrected chi connectivity index (χ4v) is 3.29. The Bertz CT molecular complexity index is 905. The van der Waals surface area contributed by atoms with Gasteiger partial charge in [0.05, 0.1) is 0 Å². The van der Waals surface area contributed by atoms with Crippen molar-refractivity contribution in [3.05, 3.63) is 70.3 Å². The van der Waals surface area contributed by atoms with Crippen molar-refractivity contribution in [2.24, 2.45) is 0 Å². The van der Waals surface area contributed by atoms with Crippen LogP contribution in [0.15, 0.2) is 59.1 Å². The van der Waals surface area contributed by atoms with Gasteiger partial charge in [0.25, 0.3) is 0 Å². The van der Waals surface area contributed by atoms with E-state index in [1.807, 2.05) is 54.1 Å². The van der Waals surface area contributed by atoms with E-state index in [0.717, 1.165) is 21.3 Å². The van der Waals surface area contributed by atoms with Gasteiger partial charge >= 0.3 is 6.09 Å². The second-order valence-corrected chi connectivity index (χ2v) is 7.16. The number of hydrogen-bond donors (Lipinski definition) is 2. The van der Waals surface area contributed by atoms with Crippen LogP contribution >= 0.6 is 15.9 Å². The Kier molecular flexibility index (Phi) is 5.42. The Labute approximate surface area is 160 Å². The third-order valence-corrected chi connectivity index (χ3v) is 4.91. The molecule has 1 atom stereocenters. The summed E-state index contributed by atoms with van der Waals surface area (Å²) >= 11 is 3.43. The molecule has 134 valence electrons. The van der Waals surface area contributed by atoms with Crippen molar-refractivity contribution in [1.29, 1.82) is 0 Å². The van der Waals surface area contributed by atoms with Gasteiger partial charge in [-0.25, -0.2) is 4.79 Å². The molecular formula is C20H20BrN3O2. The normalized spacial score (nSPS) is 12.0. The van der Waals surface area contributed by atoms with E-state index in [0.29, 0.717) is 12.4 Å². The van der Waals surface area contributed by atoms with Crippen LogP contribution in [-0.4, -0.2) is 21.0 Å². The Morgan fingerprint density at radius 2 is 1.85 bits per heavy atom. The molecule has 0 saturated carbocycles. The fraction of sp³-hybridized carbons (Fsp3) is 0.200. The minimum atomic E-state index is -1.12. The van der Waals surface area contributed by atoms with E-state index < -0.39 is 6.09 Å². The first kappa shape index (κ1) is 18.2. The molecule has 6 heteroatoms. The topological polar surface area (TPSA) is 67.2 Å². The van der Waals surface area contributed by atoms with Crippen LogP contribution in [0, 0.1) is 6.92 Å². The lowest BCUT2D eigenvalue weighted by Crippen LogP contribution is -2.11. The predicted molar refractivity (Wildman–Crippen MR) is 107 cm³/mol. The molecule has 0 radical (unpaired) electrons. The van der Waals surface area contributed by atoms with Gasteiger partial charge in [-0.05, 0) is 30.2 Å². The minimum absolute atomic E-state index is 0.255. The molecular weight excluding hydrogens is 394 g/mol. The lowest BCUT2D eigenvalue weighted by molar-refractivity contribution is 0.209. The first-order chi connectivity index (χ1) is 12.5. The average Bonchev–Trinajstić information content (AvgIpc) is 2.91. The van der Waals surface area contributed by atoms with Gasteiger partial charge in [-0.2, -0.15) is 5.10 Å². The molecule has 0 aliphatic carbocycles. The maximum absolute atomic E-state index is 11.2. The Morgan fingerprint density at radius 3 is 2.46 bits per heavy atom. The molecule has 0 aliphatic heterocycles. The van der Waals surface area contributed by atoms with E-state index in [1.165, 1.54) is 5.56 Å². The van der Waals surface area contributed by atoms with E-state index in [-0.39, 0.29) is 5.92 Å². The summed E-state index contributed by atoms with van der Waals surface area (Å²) in [6, 6.07) is 18.0. The Hall–Kier alpha value is -2.60. The molecule has 3 rings (SSSR count). The quantitative estimate of drug-likeness (QED) is 0.578. The number of nitrogens with one attached hydrogen (secondary N) is 1. The highest BCUT2D eigenvalue weighted by Crippen LogP contribution is 2.33. The summed E-state index contributed by atoms with van der Waals surface area (Å²) in [6.07, 6.45) is -1.12. The summed E-state index contributed by atoms with van der Waals surface area (Å²) < 4.78 is 2.84. The summed E-state index contributed by atoms with van der Waals surface area (Å²) in [5.41, 5.74) is 3.88. The number of hydrogen-bond acceptors (Lipinski definition) is 2. The number of benzene rings is 2. The van der Waals surface area contributed by atoms with Crippen LogP contribution in [-0.2, 0) is 6.54 Å². The standard InChI is InChI=1S/C20H20BrN3O2/c1-13(15-6-4-3-5-7-15)12-24-14(2)18(19(23-24)22-20(25)26)16-8-10-17(21)11-9-16/h3-11,13H,12H2,1-2H3,(H,22,23)(H,25,26)/t13-/m0/s1. The van der Waals surface area contributed by atoms with Crippen LogP contribution in [0.25, 0.3) is 11.1 Å². The third-order valence-electron chi connectivity index (χ3n) is 4.38. The van der Waals surface area contributed by atoms with E-state index in [1.54, 1.807) is 0 Å². The number of amides is 1. The second kappa shape index (κ2) is 7.74. The van der Waals surface area contributed by atoms with E-state index in [2.05, 4.69) is 45.4 Å². The van der Waals surface area contributed by atoms with Gasteiger partial charge in [-0.3, -0.25) is 10.00 Å². The fourth-order valence-electron chi connectivity index (χ4n) is 3.02. The number of carboxylic acid groups (broad SMARTS) is 1. The summed E-state index contributed by atoms with van der Waals surface area (Å²) in [5.74, 6) is 0.614. The van der Waals surface area contributed by atoms with Crippen LogP contribution in [0.2, 0.25) is 0 Å². The highest BCUT2D eigenvalue weighted by Gasteiger charge is 2.19. The Morgan fingerprint density at radius 1 is 1.19 bits per heavy atom. The molecule has 5 nitrogen and oxygen atoms in total. The molecule has 26 heavy (non-hydrogen) atoms. The van der Waals surface area contributed by atoms with Gasteiger partial charge in [-0.1, -0.05) is 65.3 Å². The van der Waals surface area contributed by atoms with Gasteiger partial charge < -0.3 is 5.11 Å². The maximum Gasteiger partial charge on any atom is 0.410 e. The number of aromatic nitrogens is 2. The molecule has 1 aromatic heterocycles. The molecule has 3 aromatic rings. The molecule has 0 saturated heterocycles. The monoisotopic (exact) mass is 413 g/mol. The van der Waals surface area contributed by atoms with Gasteiger partial charge in [0, 0.05) is 28.2 Å². The van der Waals surface area contributed by atoms with Crippen LogP contribution < -0.4 is 5.32 Å². The number of anilines is 1. The van der Waals surface area contributed by atoms with Crippen molar-refractivity contribution >= 4 is 27.8 Å². The molecule has 0 bridgehead atoms. The summed E-state index contributed by atoms with van der Waals surface area (Å²) in [7, 11) is 0. The predicted octanol–water partition coefficient (Wildman–Crippen LogP) is 5.51. The van der Waals surface area contributed by atoms with Crippen LogP contribution in [0.4, 0.5) is 10.6 Å². The van der Waals surface area contributed by atoms with Crippen molar-refractivity contribution in [3.8, 4) is 11.1 Å². The molecule has 0 fully saturated rings. The number of rotatable bonds is 5. The van der Waals surface area contributed by atoms with Crippen molar-refractivity contribution in [1.82, 2.24) is 9.78 Å². The summed E-state index contributed by atoms with van der Waals surface area (Å²) in [4.78, 5) is 11.2. The van der Waals surface area contributed by atoms with Crippen LogP contribution in [0.1, 0.15) is 24.1 Å². The zero-order chi connectivity index (χ0) is 18.7. The maximum atomic E-state index is 11.2. The highest BCUT2D eigenvalue weighted by atomic mass is 79.9. The number of carbonyl (C=O) groups is 1. The Balaban J connectivity index is 1.98. The SMILES string of the molecule is Cc1c(-c2ccc(Br)cc2)c(NC(=O)O)nn1C[C@H](C)c1ccccc1. The molecule has 1 heterocycles. The average molecular weight is 414 g/mol. The summed E-state index contributed by atoms with van der Waals surface area (Å²) in [5, 5.41) is 16.1. The largest absolute Gasteiger partial charge is 0.465 e. The number of nitrogens with zero attached hydrogens (tertiary/aromatic N) is 2. The third kappa shape index (κ3) is 3.96. The zero-order valence-corrected chi connectivity index (χ0v) is 16.2. The molecule has 2 aromatic carbocycles. The number of halogens is 1. The van der Waals surface area contributed by atoms with Crippen LogP contribution in [0.3, 0.4) is 0 Å².